The zero-order valence-electron chi connectivity index (χ0n) is 14.0. The number of nitrogens with one attached hydrogen (secondary N) is 2. The molecule has 0 spiro atoms. The molecule has 1 fully saturated rings. The number of benzene rings is 1. The number of fused-ring (bicyclic) bond motifs is 3. The summed E-state index contributed by atoms with van der Waals surface area (Å²) in [6.07, 6.45) is 1.08. The third-order valence-corrected chi connectivity index (χ3v) is 5.02. The van der Waals surface area contributed by atoms with Crippen molar-refractivity contribution in [1.82, 2.24) is 15.6 Å². The van der Waals surface area contributed by atoms with Gasteiger partial charge in [0, 0.05) is 26.1 Å². The molecular weight excluding hydrogens is 300 g/mol. The standard InChI is InChI=1S/C19H22N4O/c1-23(2)16-9-5-7-13(21-16)11-20-19(24)22-18-15-10-12-6-3-4-8-14(12)17(15)18/h3-9,15,17-18H,10-11H2,1-2H3,(H2,20,22,24). The number of pyridine rings is 1. The number of hydrogen-bond donors (Lipinski definition) is 2. The molecule has 0 bridgehead atoms. The molecule has 2 aliphatic rings. The van der Waals surface area contributed by atoms with Gasteiger partial charge in [0.15, 0.2) is 0 Å². The maximum Gasteiger partial charge on any atom is 0.315 e. The number of carbonyl (C=O) groups excluding carboxylic acids is 1. The van der Waals surface area contributed by atoms with Gasteiger partial charge >= 0.3 is 6.03 Å². The topological polar surface area (TPSA) is 57.3 Å². The molecule has 3 unspecified atom stereocenters. The van der Waals surface area contributed by atoms with Crippen molar-refractivity contribution < 1.29 is 4.79 Å². The van der Waals surface area contributed by atoms with Crippen molar-refractivity contribution in [3.05, 3.63) is 59.3 Å². The summed E-state index contributed by atoms with van der Waals surface area (Å²) in [5.41, 5.74) is 3.71. The lowest BCUT2D eigenvalue weighted by molar-refractivity contribution is 0.239. The van der Waals surface area contributed by atoms with E-state index >= 15 is 0 Å². The highest BCUT2D eigenvalue weighted by Gasteiger charge is 2.56. The lowest BCUT2D eigenvalue weighted by Crippen LogP contribution is -2.38. The highest BCUT2D eigenvalue weighted by Crippen LogP contribution is 2.56. The number of carbonyl (C=O) groups is 1. The van der Waals surface area contributed by atoms with Gasteiger partial charge < -0.3 is 15.5 Å². The first-order chi connectivity index (χ1) is 11.6. The van der Waals surface area contributed by atoms with E-state index in [0.29, 0.717) is 18.4 Å². The second-order valence-corrected chi connectivity index (χ2v) is 6.83. The Morgan fingerprint density at radius 2 is 2.04 bits per heavy atom. The number of nitrogens with zero attached hydrogens (tertiary/aromatic N) is 2. The van der Waals surface area contributed by atoms with Crippen molar-refractivity contribution in [2.24, 2.45) is 5.92 Å². The molecule has 2 N–H and O–H groups in total. The fourth-order valence-electron chi connectivity index (χ4n) is 3.74. The zero-order valence-corrected chi connectivity index (χ0v) is 14.0. The van der Waals surface area contributed by atoms with Gasteiger partial charge in [0.25, 0.3) is 0 Å². The van der Waals surface area contributed by atoms with Crippen LogP contribution in [0.1, 0.15) is 22.7 Å². The molecule has 24 heavy (non-hydrogen) atoms. The van der Waals surface area contributed by atoms with Crippen LogP contribution in [0.3, 0.4) is 0 Å². The van der Waals surface area contributed by atoms with E-state index in [1.54, 1.807) is 0 Å². The number of anilines is 1. The minimum Gasteiger partial charge on any atom is -0.363 e. The Morgan fingerprint density at radius 1 is 1.21 bits per heavy atom. The quantitative estimate of drug-likeness (QED) is 0.908. The minimum atomic E-state index is -0.107. The highest BCUT2D eigenvalue weighted by molar-refractivity contribution is 5.75. The van der Waals surface area contributed by atoms with Crippen molar-refractivity contribution >= 4 is 11.8 Å². The van der Waals surface area contributed by atoms with Crippen molar-refractivity contribution in [3.63, 3.8) is 0 Å². The van der Waals surface area contributed by atoms with Gasteiger partial charge in [-0.05, 0) is 35.6 Å². The first-order valence-corrected chi connectivity index (χ1v) is 8.39. The van der Waals surface area contributed by atoms with Gasteiger partial charge in [-0.1, -0.05) is 30.3 Å². The lowest BCUT2D eigenvalue weighted by atomic mass is 10.1. The predicted octanol–water partition coefficient (Wildman–Crippen LogP) is 2.29. The summed E-state index contributed by atoms with van der Waals surface area (Å²) in [7, 11) is 3.91. The van der Waals surface area contributed by atoms with E-state index in [1.807, 2.05) is 37.2 Å². The molecule has 2 amide bonds. The summed E-state index contributed by atoms with van der Waals surface area (Å²) in [6, 6.07) is 14.6. The van der Waals surface area contributed by atoms with Crippen LogP contribution < -0.4 is 15.5 Å². The summed E-state index contributed by atoms with van der Waals surface area (Å²) in [5, 5.41) is 6.03. The van der Waals surface area contributed by atoms with Crippen LogP contribution in [0.15, 0.2) is 42.5 Å². The van der Waals surface area contributed by atoms with E-state index < -0.39 is 0 Å². The van der Waals surface area contributed by atoms with Crippen molar-refractivity contribution in [1.29, 1.82) is 0 Å². The molecule has 1 aromatic carbocycles. The third kappa shape index (κ3) is 2.70. The molecule has 0 radical (unpaired) electrons. The van der Waals surface area contributed by atoms with Gasteiger partial charge in [-0.2, -0.15) is 0 Å². The highest BCUT2D eigenvalue weighted by atomic mass is 16.2. The number of rotatable bonds is 4. The van der Waals surface area contributed by atoms with Crippen molar-refractivity contribution in [3.8, 4) is 0 Å². The number of amides is 2. The van der Waals surface area contributed by atoms with Gasteiger partial charge in [-0.3, -0.25) is 0 Å². The normalized spacial score (nSPS) is 23.2. The minimum absolute atomic E-state index is 0.107. The predicted molar refractivity (Wildman–Crippen MR) is 94.1 cm³/mol. The van der Waals surface area contributed by atoms with E-state index in [0.717, 1.165) is 17.9 Å². The van der Waals surface area contributed by atoms with Crippen molar-refractivity contribution in [2.75, 3.05) is 19.0 Å². The second kappa shape index (κ2) is 5.82. The van der Waals surface area contributed by atoms with Crippen LogP contribution in [-0.2, 0) is 13.0 Å². The maximum absolute atomic E-state index is 12.2. The molecule has 1 saturated carbocycles. The summed E-state index contributed by atoms with van der Waals surface area (Å²) in [5.74, 6) is 1.97. The molecule has 124 valence electrons. The summed E-state index contributed by atoms with van der Waals surface area (Å²) < 4.78 is 0. The summed E-state index contributed by atoms with van der Waals surface area (Å²) in [6.45, 7) is 0.437. The Balaban J connectivity index is 1.31. The lowest BCUT2D eigenvalue weighted by Gasteiger charge is -2.13. The van der Waals surface area contributed by atoms with E-state index in [2.05, 4.69) is 39.9 Å². The molecule has 5 heteroatoms. The fraction of sp³-hybridized carbons (Fsp3) is 0.368. The molecule has 0 saturated heterocycles. The van der Waals surface area contributed by atoms with E-state index in [9.17, 15) is 4.79 Å². The van der Waals surface area contributed by atoms with Crippen LogP contribution in [0.4, 0.5) is 10.6 Å². The Morgan fingerprint density at radius 3 is 2.88 bits per heavy atom. The Hall–Kier alpha value is -2.56. The van der Waals surface area contributed by atoms with Crippen molar-refractivity contribution in [2.45, 2.75) is 24.9 Å². The third-order valence-electron chi connectivity index (χ3n) is 5.02. The zero-order chi connectivity index (χ0) is 16.7. The molecular formula is C19H22N4O. The molecule has 5 nitrogen and oxygen atoms in total. The molecule has 1 aromatic heterocycles. The van der Waals surface area contributed by atoms with Crippen LogP contribution in [0, 0.1) is 5.92 Å². The van der Waals surface area contributed by atoms with E-state index in [-0.39, 0.29) is 12.1 Å². The van der Waals surface area contributed by atoms with Crippen LogP contribution in [0.2, 0.25) is 0 Å². The maximum atomic E-state index is 12.2. The number of urea groups is 1. The van der Waals surface area contributed by atoms with Gasteiger partial charge in [0.2, 0.25) is 0 Å². The summed E-state index contributed by atoms with van der Waals surface area (Å²) >= 11 is 0. The molecule has 4 rings (SSSR count). The van der Waals surface area contributed by atoms with Gasteiger partial charge in [0.1, 0.15) is 5.82 Å². The Labute approximate surface area is 142 Å². The average molecular weight is 322 g/mol. The van der Waals surface area contributed by atoms with Crippen LogP contribution in [0.5, 0.6) is 0 Å². The molecule has 1 heterocycles. The average Bonchev–Trinajstić information content (AvgIpc) is 3.09. The first kappa shape index (κ1) is 15.0. The van der Waals surface area contributed by atoms with E-state index in [4.69, 9.17) is 0 Å². The smallest absolute Gasteiger partial charge is 0.315 e. The van der Waals surface area contributed by atoms with Gasteiger partial charge in [-0.25, -0.2) is 9.78 Å². The SMILES string of the molecule is CN(C)c1cccc(CNC(=O)NC2C3Cc4ccccc4C32)n1. The largest absolute Gasteiger partial charge is 0.363 e. The first-order valence-electron chi connectivity index (χ1n) is 8.39. The second-order valence-electron chi connectivity index (χ2n) is 6.83. The van der Waals surface area contributed by atoms with Crippen LogP contribution in [-0.4, -0.2) is 31.2 Å². The Bertz CT molecular complexity index is 773. The fourth-order valence-corrected chi connectivity index (χ4v) is 3.74. The van der Waals surface area contributed by atoms with Gasteiger partial charge in [-0.15, -0.1) is 0 Å². The molecule has 3 atom stereocenters. The van der Waals surface area contributed by atoms with Crippen LogP contribution >= 0.6 is 0 Å². The molecule has 0 aliphatic heterocycles. The van der Waals surface area contributed by atoms with Gasteiger partial charge in [0.05, 0.1) is 12.2 Å². The van der Waals surface area contributed by atoms with E-state index in [1.165, 1.54) is 11.1 Å². The molecule has 2 aromatic rings. The summed E-state index contributed by atoms with van der Waals surface area (Å²) in [4.78, 5) is 18.6. The van der Waals surface area contributed by atoms with Crippen LogP contribution in [0.25, 0.3) is 0 Å². The number of hydrogen-bond acceptors (Lipinski definition) is 3. The molecule has 2 aliphatic carbocycles. The Kier molecular flexibility index (Phi) is 3.63. The monoisotopic (exact) mass is 322 g/mol. The number of aromatic nitrogens is 1.